The predicted molar refractivity (Wildman–Crippen MR) is 139 cm³/mol. The van der Waals surface area contributed by atoms with Crippen LogP contribution in [0, 0.1) is 16.0 Å². The maximum absolute atomic E-state index is 14.7. The summed E-state index contributed by atoms with van der Waals surface area (Å²) < 4.78 is 70.1. The highest BCUT2D eigenvalue weighted by molar-refractivity contribution is 8.03. The zero-order valence-electron chi connectivity index (χ0n) is 21.8. The van der Waals surface area contributed by atoms with Crippen molar-refractivity contribution in [2.75, 3.05) is 5.32 Å². The number of rotatable bonds is 10. The van der Waals surface area contributed by atoms with Crippen molar-refractivity contribution in [3.8, 4) is 5.69 Å². The molecule has 1 aromatic heterocycles. The molecule has 2 N–H and O–H groups in total. The summed E-state index contributed by atoms with van der Waals surface area (Å²) in [6.07, 6.45) is -4.72. The van der Waals surface area contributed by atoms with Crippen LogP contribution in [0.2, 0.25) is 0 Å². The molecule has 3 rings (SSSR count). The number of nitrogens with zero attached hydrogens (tertiary/aromatic N) is 3. The van der Waals surface area contributed by atoms with E-state index in [-0.39, 0.29) is 58.4 Å². The first-order valence-corrected chi connectivity index (χ1v) is 13.2. The number of allylic oxidation sites excluding steroid dienone is 4. The van der Waals surface area contributed by atoms with Crippen molar-refractivity contribution in [1.29, 1.82) is 0 Å². The smallest absolute Gasteiger partial charge is 0.326 e. The minimum absolute atomic E-state index is 0.0303. The van der Waals surface area contributed by atoms with Gasteiger partial charge in [0.05, 0.1) is 15.5 Å². The van der Waals surface area contributed by atoms with Crippen LogP contribution in [-0.2, 0) is 10.7 Å². The molecule has 0 radical (unpaired) electrons. The summed E-state index contributed by atoms with van der Waals surface area (Å²) in [4.78, 5) is 36.1. The Bertz CT molecular complexity index is 1380. The van der Waals surface area contributed by atoms with Gasteiger partial charge in [0.15, 0.2) is 0 Å². The topological polar surface area (TPSA) is 123 Å². The van der Waals surface area contributed by atoms with Crippen LogP contribution in [0.25, 0.3) is 5.69 Å². The molecule has 2 aromatic rings. The van der Waals surface area contributed by atoms with Crippen molar-refractivity contribution >= 4 is 23.4 Å². The fraction of sp³-hybridized carbons (Fsp3) is 0.480. The van der Waals surface area contributed by atoms with Crippen LogP contribution < -0.4 is 11.0 Å². The van der Waals surface area contributed by atoms with E-state index in [9.17, 15) is 41.7 Å². The largest absolute Gasteiger partial charge is 0.348 e. The third kappa shape index (κ3) is 7.58. The number of nitro groups is 1. The summed E-state index contributed by atoms with van der Waals surface area (Å²) in [6, 6.07) is 3.56. The molecule has 0 bridgehead atoms. The quantitative estimate of drug-likeness (QED) is 0.144. The molecule has 1 aliphatic carbocycles. The number of thioether (sulfide) groups is 1. The number of aromatic nitrogens is 3. The van der Waals surface area contributed by atoms with Gasteiger partial charge in [0, 0.05) is 36.9 Å². The van der Waals surface area contributed by atoms with Crippen molar-refractivity contribution in [3.05, 3.63) is 66.6 Å². The van der Waals surface area contributed by atoms with E-state index in [0.717, 1.165) is 10.6 Å². The monoisotopic (exact) mass is 589 g/mol. The molecule has 1 aliphatic rings. The lowest BCUT2D eigenvalue weighted by Crippen LogP contribution is -2.22. The number of benzene rings is 1. The average molecular weight is 590 g/mol. The minimum atomic E-state index is -3.47. The third-order valence-electron chi connectivity index (χ3n) is 6.12. The van der Waals surface area contributed by atoms with Crippen LogP contribution in [0.5, 0.6) is 0 Å². The number of carbonyl (C=O) groups is 1. The van der Waals surface area contributed by atoms with E-state index in [0.29, 0.717) is 18.7 Å². The Labute approximate surface area is 230 Å². The lowest BCUT2D eigenvalue weighted by Gasteiger charge is -2.19. The van der Waals surface area contributed by atoms with Crippen molar-refractivity contribution in [1.82, 2.24) is 14.8 Å². The number of amides is 1. The summed E-state index contributed by atoms with van der Waals surface area (Å²) in [5, 5.41) is 20.2. The normalized spacial score (nSPS) is 18.7. The van der Waals surface area contributed by atoms with Crippen molar-refractivity contribution in [2.45, 2.75) is 76.6 Å². The Morgan fingerprint density at radius 2 is 1.95 bits per heavy atom. The number of carbonyl (C=O) groups excluding carboxylic acids is 1. The molecule has 1 atom stereocenters. The zero-order chi connectivity index (χ0) is 29.8. The van der Waals surface area contributed by atoms with Gasteiger partial charge in [-0.2, -0.15) is 0 Å². The second-order valence-corrected chi connectivity index (χ2v) is 10.6. The van der Waals surface area contributed by atoms with Crippen LogP contribution in [0.3, 0.4) is 0 Å². The number of halogens is 5. The first kappa shape index (κ1) is 31.0. The van der Waals surface area contributed by atoms with Gasteiger partial charge in [0.25, 0.3) is 11.6 Å². The molecule has 1 unspecified atom stereocenters. The summed E-state index contributed by atoms with van der Waals surface area (Å²) in [5.74, 6) is -4.30. The highest BCUT2D eigenvalue weighted by atomic mass is 32.2. The van der Waals surface area contributed by atoms with Crippen LogP contribution in [0.15, 0.2) is 50.4 Å². The second-order valence-electron chi connectivity index (χ2n) is 9.55. The van der Waals surface area contributed by atoms with Gasteiger partial charge in [-0.05, 0) is 54.8 Å². The molecule has 40 heavy (non-hydrogen) atoms. The molecule has 0 fully saturated rings. The van der Waals surface area contributed by atoms with E-state index in [1.54, 1.807) is 13.8 Å². The molecular weight excluding hydrogens is 561 g/mol. The minimum Gasteiger partial charge on any atom is -0.326 e. The highest BCUT2D eigenvalue weighted by Crippen LogP contribution is 2.39. The Kier molecular flexibility index (Phi) is 9.92. The number of H-pyrrole nitrogens is 1. The van der Waals surface area contributed by atoms with Gasteiger partial charge in [-0.1, -0.05) is 19.9 Å². The van der Waals surface area contributed by atoms with E-state index in [1.807, 2.05) is 0 Å². The molecule has 0 saturated heterocycles. The SMILES string of the molecule is CC(C)C(=O)Nc1ccc(-n2c(S/C3=C(\[N+](=O)[O-])CC/C=C(/C(F)CC(F)F)CC3)n[nH]c2=O)c(C(C)(F)F)c1. The Hall–Kier alpha value is -3.49. The van der Waals surface area contributed by atoms with Gasteiger partial charge in [-0.3, -0.25) is 14.9 Å². The van der Waals surface area contributed by atoms with Crippen LogP contribution in [0.4, 0.5) is 27.6 Å². The summed E-state index contributed by atoms with van der Waals surface area (Å²) in [7, 11) is 0. The van der Waals surface area contributed by atoms with E-state index >= 15 is 0 Å². The molecule has 1 aromatic carbocycles. The van der Waals surface area contributed by atoms with Gasteiger partial charge in [0.2, 0.25) is 17.5 Å². The Morgan fingerprint density at radius 3 is 2.55 bits per heavy atom. The van der Waals surface area contributed by atoms with Crippen molar-refractivity contribution < 1.29 is 31.7 Å². The van der Waals surface area contributed by atoms with Crippen molar-refractivity contribution in [3.63, 3.8) is 0 Å². The average Bonchev–Trinajstić information content (AvgIpc) is 3.19. The third-order valence-corrected chi connectivity index (χ3v) is 7.26. The summed E-state index contributed by atoms with van der Waals surface area (Å²) >= 11 is 0.678. The number of alkyl halides is 5. The molecule has 15 heteroatoms. The van der Waals surface area contributed by atoms with Gasteiger partial charge in [0.1, 0.15) is 6.17 Å². The number of nitrogens with one attached hydrogen (secondary N) is 2. The molecule has 1 heterocycles. The lowest BCUT2D eigenvalue weighted by molar-refractivity contribution is -0.428. The Morgan fingerprint density at radius 1 is 1.25 bits per heavy atom. The standard InChI is InChI=1S/C25H28F5N5O4S/c1-13(2)22(36)31-15-8-9-18(16(11-15)25(3,29)30)34-23(37)32-33-24(34)40-20-10-7-14(17(26)12-21(27)28)5-4-6-19(20)35(38)39/h5,8-9,11,13,17,21H,4,6-7,10,12H2,1-3H3,(H,31,36)(H,32,37)/b14-5+,20-19-. The zero-order valence-corrected chi connectivity index (χ0v) is 22.7. The van der Waals surface area contributed by atoms with E-state index in [2.05, 4.69) is 15.5 Å². The first-order valence-electron chi connectivity index (χ1n) is 12.4. The van der Waals surface area contributed by atoms with E-state index in [4.69, 9.17) is 0 Å². The van der Waals surface area contributed by atoms with Crippen LogP contribution >= 0.6 is 11.8 Å². The van der Waals surface area contributed by atoms with Crippen LogP contribution in [-0.4, -0.2) is 38.2 Å². The number of hydrogen-bond acceptors (Lipinski definition) is 6. The van der Waals surface area contributed by atoms with Gasteiger partial charge < -0.3 is 5.32 Å². The molecule has 0 saturated carbocycles. The van der Waals surface area contributed by atoms with Crippen LogP contribution in [0.1, 0.15) is 58.4 Å². The molecular formula is C25H28F5N5O4S. The molecule has 0 aliphatic heterocycles. The molecule has 218 valence electrons. The number of anilines is 1. The molecule has 1 amide bonds. The fourth-order valence-electron chi connectivity index (χ4n) is 4.05. The van der Waals surface area contributed by atoms with E-state index in [1.165, 1.54) is 18.2 Å². The summed E-state index contributed by atoms with van der Waals surface area (Å²) in [6.45, 7) is 3.87. The molecule has 0 spiro atoms. The maximum atomic E-state index is 14.7. The van der Waals surface area contributed by atoms with Gasteiger partial charge >= 0.3 is 5.69 Å². The van der Waals surface area contributed by atoms with Gasteiger partial charge in [-0.25, -0.2) is 36.4 Å². The number of hydrogen-bond donors (Lipinski definition) is 2. The van der Waals surface area contributed by atoms with Crippen molar-refractivity contribution in [2.24, 2.45) is 5.92 Å². The van der Waals surface area contributed by atoms with E-state index < -0.39 is 52.9 Å². The predicted octanol–water partition coefficient (Wildman–Crippen LogP) is 6.34. The number of aromatic amines is 1. The first-order chi connectivity index (χ1) is 18.7. The second kappa shape index (κ2) is 12.8. The van der Waals surface area contributed by atoms with Gasteiger partial charge in [-0.15, -0.1) is 5.10 Å². The maximum Gasteiger partial charge on any atom is 0.348 e. The summed E-state index contributed by atoms with van der Waals surface area (Å²) in [5.41, 5.74) is -1.86. The lowest BCUT2D eigenvalue weighted by atomic mass is 9.97. The highest BCUT2D eigenvalue weighted by Gasteiger charge is 2.32. The Balaban J connectivity index is 2.02. The fourth-order valence-corrected chi connectivity index (χ4v) is 5.14. The molecule has 9 nitrogen and oxygen atoms in total.